The van der Waals surface area contributed by atoms with Gasteiger partial charge in [0, 0.05) is 12.6 Å². The van der Waals surface area contributed by atoms with Gasteiger partial charge in [0.15, 0.2) is 0 Å². The van der Waals surface area contributed by atoms with Gasteiger partial charge in [-0.3, -0.25) is 4.79 Å². The van der Waals surface area contributed by atoms with Crippen LogP contribution in [0, 0.1) is 5.82 Å². The van der Waals surface area contributed by atoms with Gasteiger partial charge in [0.25, 0.3) is 5.56 Å². The Balaban J connectivity index is 1.91. The van der Waals surface area contributed by atoms with Crippen molar-refractivity contribution in [1.82, 2.24) is 4.57 Å². The van der Waals surface area contributed by atoms with E-state index >= 15 is 0 Å². The molecule has 0 spiro atoms. The van der Waals surface area contributed by atoms with E-state index in [4.69, 9.17) is 4.74 Å². The van der Waals surface area contributed by atoms with Crippen LogP contribution in [0.4, 0.5) is 4.39 Å². The molecule has 0 fully saturated rings. The molecule has 0 bridgehead atoms. The Morgan fingerprint density at radius 1 is 1.08 bits per heavy atom. The molecule has 1 aromatic heterocycles. The summed E-state index contributed by atoms with van der Waals surface area (Å²) >= 11 is 0. The zero-order chi connectivity index (χ0) is 17.8. The Hall–Kier alpha value is -3.08. The molecule has 128 valence electrons. The van der Waals surface area contributed by atoms with Crippen molar-refractivity contribution < 1.29 is 14.2 Å². The fourth-order valence-electron chi connectivity index (χ4n) is 2.68. The van der Waals surface area contributed by atoms with Crippen LogP contribution in [0.5, 0.6) is 11.5 Å². The van der Waals surface area contributed by atoms with Crippen molar-refractivity contribution in [1.29, 1.82) is 0 Å². The summed E-state index contributed by atoms with van der Waals surface area (Å²) in [5.41, 5.74) is 1.69. The highest BCUT2D eigenvalue weighted by molar-refractivity contribution is 5.35. The summed E-state index contributed by atoms with van der Waals surface area (Å²) < 4.78 is 19.8. The van der Waals surface area contributed by atoms with Gasteiger partial charge in [-0.25, -0.2) is 4.39 Å². The molecule has 0 radical (unpaired) electrons. The van der Waals surface area contributed by atoms with Crippen LogP contribution in [0.3, 0.4) is 0 Å². The zero-order valence-corrected chi connectivity index (χ0v) is 13.8. The van der Waals surface area contributed by atoms with Crippen molar-refractivity contribution >= 4 is 0 Å². The molecule has 0 unspecified atom stereocenters. The number of hydrogen-bond donors (Lipinski definition) is 1. The van der Waals surface area contributed by atoms with Crippen molar-refractivity contribution in [3.8, 4) is 11.5 Å². The number of hydrogen-bond acceptors (Lipinski definition) is 3. The van der Waals surface area contributed by atoms with Gasteiger partial charge in [-0.05, 0) is 41.5 Å². The van der Waals surface area contributed by atoms with Crippen molar-refractivity contribution in [2.24, 2.45) is 0 Å². The highest BCUT2D eigenvalue weighted by atomic mass is 19.1. The molecule has 1 N–H and O–H groups in total. The van der Waals surface area contributed by atoms with Crippen molar-refractivity contribution in [2.45, 2.75) is 13.0 Å². The lowest BCUT2D eigenvalue weighted by Crippen LogP contribution is -2.24. The number of pyridine rings is 1. The molecule has 2 aromatic carbocycles. The molecular weight excluding hydrogens is 321 g/mol. The predicted octanol–water partition coefficient (Wildman–Crippen LogP) is 3.34. The molecule has 0 amide bonds. The predicted molar refractivity (Wildman–Crippen MR) is 93.7 cm³/mol. The molecule has 3 rings (SSSR count). The highest BCUT2D eigenvalue weighted by Gasteiger charge is 2.11. The van der Waals surface area contributed by atoms with Crippen LogP contribution in [0.25, 0.3) is 0 Å². The normalized spacial score (nSPS) is 10.6. The molecule has 25 heavy (non-hydrogen) atoms. The first kappa shape index (κ1) is 16.8. The maximum absolute atomic E-state index is 13.0. The van der Waals surface area contributed by atoms with Gasteiger partial charge >= 0.3 is 0 Å². The van der Waals surface area contributed by atoms with E-state index in [-0.39, 0.29) is 29.1 Å². The minimum atomic E-state index is -0.337. The van der Waals surface area contributed by atoms with E-state index in [1.54, 1.807) is 25.4 Å². The maximum atomic E-state index is 13.0. The van der Waals surface area contributed by atoms with Crippen LogP contribution >= 0.6 is 0 Å². The van der Waals surface area contributed by atoms with Gasteiger partial charge in [0.1, 0.15) is 17.3 Å². The lowest BCUT2D eigenvalue weighted by atomic mass is 10.1. The molecule has 0 aliphatic carbocycles. The first-order chi connectivity index (χ1) is 12.1. The molecule has 0 saturated carbocycles. The van der Waals surface area contributed by atoms with Gasteiger partial charge in [-0.15, -0.1) is 0 Å². The van der Waals surface area contributed by atoms with E-state index in [2.05, 4.69) is 0 Å². The number of methoxy groups -OCH3 is 1. The Morgan fingerprint density at radius 3 is 2.56 bits per heavy atom. The van der Waals surface area contributed by atoms with Gasteiger partial charge in [-0.2, -0.15) is 0 Å². The number of rotatable bonds is 5. The van der Waals surface area contributed by atoms with E-state index < -0.39 is 0 Å². The third-order valence-electron chi connectivity index (χ3n) is 4.02. The summed E-state index contributed by atoms with van der Waals surface area (Å²) in [7, 11) is 1.59. The van der Waals surface area contributed by atoms with Gasteiger partial charge in [0.2, 0.25) is 0 Å². The van der Waals surface area contributed by atoms with E-state index in [0.717, 1.165) is 16.9 Å². The van der Waals surface area contributed by atoms with E-state index in [0.29, 0.717) is 6.54 Å². The summed E-state index contributed by atoms with van der Waals surface area (Å²) in [5.74, 6) is 0.323. The average Bonchev–Trinajstić information content (AvgIpc) is 2.63. The zero-order valence-electron chi connectivity index (χ0n) is 13.8. The summed E-state index contributed by atoms with van der Waals surface area (Å²) in [6.07, 6.45) is 1.80. The molecule has 1 heterocycles. The maximum Gasteiger partial charge on any atom is 0.258 e. The number of aromatic hydroxyl groups is 1. The third-order valence-corrected chi connectivity index (χ3v) is 4.02. The first-order valence-electron chi connectivity index (χ1n) is 7.85. The van der Waals surface area contributed by atoms with Crippen LogP contribution in [-0.4, -0.2) is 16.8 Å². The van der Waals surface area contributed by atoms with Crippen LogP contribution in [-0.2, 0) is 13.0 Å². The average molecular weight is 339 g/mol. The van der Waals surface area contributed by atoms with Crippen LogP contribution in [0.1, 0.15) is 16.7 Å². The molecule has 0 aliphatic heterocycles. The molecule has 4 nitrogen and oxygen atoms in total. The van der Waals surface area contributed by atoms with E-state index in [1.165, 1.54) is 22.8 Å². The van der Waals surface area contributed by atoms with Crippen molar-refractivity contribution in [3.05, 3.63) is 93.7 Å². The van der Waals surface area contributed by atoms with Gasteiger partial charge in [-0.1, -0.05) is 24.3 Å². The SMILES string of the molecule is COc1cccc(Cn2ccc(O)c(Cc3ccc(F)cc3)c2=O)c1. The van der Waals surface area contributed by atoms with E-state index in [1.807, 2.05) is 24.3 Å². The molecule has 0 atom stereocenters. The molecular formula is C20H18FNO3. The Labute approximate surface area is 144 Å². The number of nitrogens with zero attached hydrogens (tertiary/aromatic N) is 1. The number of aromatic nitrogens is 1. The molecule has 0 saturated heterocycles. The number of halogens is 1. The molecule has 5 heteroatoms. The standard InChI is InChI=1S/C20H18FNO3/c1-25-17-4-2-3-15(11-17)13-22-10-9-19(23)18(20(22)24)12-14-5-7-16(21)8-6-14/h2-11,23H,12-13H2,1H3. The Kier molecular flexibility index (Phi) is 4.84. The monoisotopic (exact) mass is 339 g/mol. The lowest BCUT2D eigenvalue weighted by molar-refractivity contribution is 0.414. The fraction of sp³-hybridized carbons (Fsp3) is 0.150. The summed E-state index contributed by atoms with van der Waals surface area (Å²) in [5, 5.41) is 10.1. The molecule has 0 aliphatic rings. The highest BCUT2D eigenvalue weighted by Crippen LogP contribution is 2.18. The van der Waals surface area contributed by atoms with Crippen LogP contribution < -0.4 is 10.3 Å². The van der Waals surface area contributed by atoms with Crippen LogP contribution in [0.15, 0.2) is 65.6 Å². The minimum absolute atomic E-state index is 0.0591. The quantitative estimate of drug-likeness (QED) is 0.776. The summed E-state index contributed by atoms with van der Waals surface area (Å²) in [4.78, 5) is 12.7. The van der Waals surface area contributed by atoms with Crippen molar-refractivity contribution in [3.63, 3.8) is 0 Å². The third kappa shape index (κ3) is 3.88. The van der Waals surface area contributed by atoms with Gasteiger partial charge < -0.3 is 14.4 Å². The lowest BCUT2D eigenvalue weighted by Gasteiger charge is -2.11. The van der Waals surface area contributed by atoms with Crippen LogP contribution in [0.2, 0.25) is 0 Å². The molecule has 3 aromatic rings. The summed E-state index contributed by atoms with van der Waals surface area (Å²) in [6.45, 7) is 0.368. The van der Waals surface area contributed by atoms with E-state index in [9.17, 15) is 14.3 Å². The van der Waals surface area contributed by atoms with Crippen molar-refractivity contribution in [2.75, 3.05) is 7.11 Å². The second kappa shape index (κ2) is 7.21. The second-order valence-electron chi connectivity index (χ2n) is 5.77. The fourth-order valence-corrected chi connectivity index (χ4v) is 2.68. The summed E-state index contributed by atoms with van der Waals surface area (Å²) in [6, 6.07) is 14.8. The minimum Gasteiger partial charge on any atom is -0.507 e. The number of ether oxygens (including phenoxy) is 1. The number of benzene rings is 2. The topological polar surface area (TPSA) is 51.5 Å². The van der Waals surface area contributed by atoms with Gasteiger partial charge in [0.05, 0.1) is 19.2 Å². The second-order valence-corrected chi connectivity index (χ2v) is 5.77. The Bertz CT molecular complexity index is 932. The first-order valence-corrected chi connectivity index (χ1v) is 7.85. The largest absolute Gasteiger partial charge is 0.507 e. The smallest absolute Gasteiger partial charge is 0.258 e. The Morgan fingerprint density at radius 2 is 1.84 bits per heavy atom.